The van der Waals surface area contributed by atoms with E-state index in [0.29, 0.717) is 25.7 Å². The molecule has 1 aliphatic heterocycles. The first-order chi connectivity index (χ1) is 33.1. The van der Waals surface area contributed by atoms with Gasteiger partial charge in [-0.1, -0.05) is 139 Å². The van der Waals surface area contributed by atoms with Crippen LogP contribution in [0.1, 0.15) is 168 Å². The summed E-state index contributed by atoms with van der Waals surface area (Å²) >= 11 is 0. The Bertz CT molecular complexity index is 1610. The van der Waals surface area contributed by atoms with E-state index in [1.165, 1.54) is 31.8 Å². The first-order valence-electron chi connectivity index (χ1n) is 25.7. The predicted octanol–water partition coefficient (Wildman–Crippen LogP) is 7.48. The number of aliphatic hydroxyl groups is 7. The molecule has 0 spiro atoms. The van der Waals surface area contributed by atoms with Crippen LogP contribution < -0.4 is 0 Å². The van der Waals surface area contributed by atoms with Gasteiger partial charge in [-0.25, -0.2) is 4.57 Å². The fourth-order valence-electron chi connectivity index (χ4n) is 8.18. The molecule has 0 aromatic carbocycles. The average Bonchev–Trinajstić information content (AvgIpc) is 3.32. The van der Waals surface area contributed by atoms with Gasteiger partial charge in [-0.3, -0.25) is 23.4 Å². The summed E-state index contributed by atoms with van der Waals surface area (Å²) in [6.45, 7) is 2.78. The SMILES string of the molecule is CCCCCC/C=C\C/C=C\C/C=C\CCCCCCCCC(=O)OC[C@@H]1COP(=O)(O)O[C@H]2[C@H](O)[C@@H](O)[C@H](O)[C@@H](CC=CCCCC(=O)O1)[C@@H](O)CC(=O)[C@H](/C=C/[C@@H](O)CCCCC)[C@@H](O)[C@H]2O. The Morgan fingerprint density at radius 1 is 0.768 bits per heavy atom. The lowest BCUT2D eigenvalue weighted by atomic mass is 9.83. The number of phosphoric ester groups is 1. The second-order valence-electron chi connectivity index (χ2n) is 18.5. The van der Waals surface area contributed by atoms with Crippen molar-refractivity contribution in [2.45, 2.75) is 223 Å². The van der Waals surface area contributed by atoms with Crippen molar-refractivity contribution in [3.05, 3.63) is 60.8 Å². The van der Waals surface area contributed by atoms with Crippen molar-refractivity contribution in [3.63, 3.8) is 0 Å². The van der Waals surface area contributed by atoms with Crippen molar-refractivity contribution in [3.8, 4) is 0 Å². The zero-order chi connectivity index (χ0) is 50.9. The third-order valence-electron chi connectivity index (χ3n) is 12.5. The fourth-order valence-corrected chi connectivity index (χ4v) is 9.15. The molecule has 12 atom stereocenters. The van der Waals surface area contributed by atoms with E-state index < -0.39 is 112 Å². The number of Topliss-reactive ketones (excluding diaryl/α,β-unsaturated/α-hetero) is 1. The van der Waals surface area contributed by atoms with Gasteiger partial charge in [0.15, 0.2) is 6.10 Å². The summed E-state index contributed by atoms with van der Waals surface area (Å²) in [5, 5.41) is 78.4. The number of carbonyl (C=O) groups excluding carboxylic acids is 3. The van der Waals surface area contributed by atoms with Crippen LogP contribution in [0.2, 0.25) is 0 Å². The topological polar surface area (TPSA) is 267 Å². The maximum absolute atomic E-state index is 13.7. The number of hydrogen-bond acceptors (Lipinski definition) is 15. The largest absolute Gasteiger partial charge is 0.472 e. The van der Waals surface area contributed by atoms with Crippen molar-refractivity contribution in [2.75, 3.05) is 13.2 Å². The Labute approximate surface area is 411 Å². The third-order valence-corrected chi connectivity index (χ3v) is 13.4. The third kappa shape index (κ3) is 27.0. The maximum Gasteiger partial charge on any atom is 0.472 e. The van der Waals surface area contributed by atoms with Gasteiger partial charge >= 0.3 is 19.8 Å². The monoisotopic (exact) mass is 999 g/mol. The lowest BCUT2D eigenvalue weighted by Gasteiger charge is -2.36. The first kappa shape index (κ1) is 62.3. The number of cyclic esters (lactones) is 1. The van der Waals surface area contributed by atoms with Crippen LogP contribution in [0, 0.1) is 11.8 Å². The number of ether oxygens (including phenoxy) is 2. The highest BCUT2D eigenvalue weighted by atomic mass is 31.2. The highest BCUT2D eigenvalue weighted by Gasteiger charge is 2.49. The predicted molar refractivity (Wildman–Crippen MR) is 263 cm³/mol. The van der Waals surface area contributed by atoms with Crippen LogP contribution in [0.25, 0.3) is 0 Å². The molecule has 0 aromatic rings. The van der Waals surface area contributed by atoms with E-state index in [0.717, 1.165) is 76.7 Å². The molecule has 0 radical (unpaired) electrons. The van der Waals surface area contributed by atoms with Crippen molar-refractivity contribution in [1.82, 2.24) is 0 Å². The summed E-state index contributed by atoms with van der Waals surface area (Å²) in [5.74, 6) is -5.15. The molecule has 0 aromatic heterocycles. The highest BCUT2D eigenvalue weighted by molar-refractivity contribution is 7.47. The zero-order valence-corrected chi connectivity index (χ0v) is 42.2. The number of allylic oxidation sites excluding steroid dienone is 8. The summed E-state index contributed by atoms with van der Waals surface area (Å²) in [5.41, 5.74) is 0. The molecule has 2 aliphatic rings. The highest BCUT2D eigenvalue weighted by Crippen LogP contribution is 2.47. The number of rotatable bonds is 26. The summed E-state index contributed by atoms with van der Waals surface area (Å²) in [6, 6.07) is 0. The van der Waals surface area contributed by atoms with Crippen molar-refractivity contribution in [2.24, 2.45) is 11.8 Å². The van der Waals surface area contributed by atoms with Crippen LogP contribution >= 0.6 is 7.82 Å². The van der Waals surface area contributed by atoms with Crippen LogP contribution in [-0.2, 0) is 37.5 Å². The molecule has 1 saturated carbocycles. The second kappa shape index (κ2) is 37.0. The van der Waals surface area contributed by atoms with Crippen molar-refractivity contribution >= 4 is 25.5 Å². The Kier molecular flexibility index (Phi) is 33.4. The van der Waals surface area contributed by atoms with E-state index >= 15 is 0 Å². The smallest absolute Gasteiger partial charge is 0.462 e. The molecule has 2 bridgehead atoms. The number of phosphoric acid groups is 1. The summed E-state index contributed by atoms with van der Waals surface area (Å²) in [7, 11) is -5.47. The van der Waals surface area contributed by atoms with E-state index in [4.69, 9.17) is 18.5 Å². The van der Waals surface area contributed by atoms with Gasteiger partial charge in [0.25, 0.3) is 0 Å². The number of hydrogen-bond donors (Lipinski definition) is 8. The maximum atomic E-state index is 13.7. The molecule has 1 heterocycles. The normalized spacial score (nSPS) is 30.0. The number of ketones is 1. The van der Waals surface area contributed by atoms with Crippen LogP contribution in [-0.4, -0.2) is 127 Å². The zero-order valence-electron chi connectivity index (χ0n) is 41.3. The molecule has 1 unspecified atom stereocenters. The van der Waals surface area contributed by atoms with Crippen LogP contribution in [0.5, 0.6) is 0 Å². The Morgan fingerprint density at radius 3 is 2.03 bits per heavy atom. The van der Waals surface area contributed by atoms with Gasteiger partial charge in [-0.05, 0) is 70.6 Å². The molecule has 0 amide bonds. The Hall–Kier alpha value is -2.86. The number of carbonyl (C=O) groups is 3. The Balaban J connectivity index is 2.03. The molecule has 396 valence electrons. The van der Waals surface area contributed by atoms with Gasteiger partial charge in [0.05, 0.1) is 36.9 Å². The molecule has 17 heteroatoms. The molecular formula is C52H87O16P. The first-order valence-corrected chi connectivity index (χ1v) is 27.2. The van der Waals surface area contributed by atoms with Gasteiger partial charge in [0, 0.05) is 25.2 Å². The summed E-state index contributed by atoms with van der Waals surface area (Å²) in [4.78, 5) is 50.2. The molecule has 69 heavy (non-hydrogen) atoms. The lowest BCUT2D eigenvalue weighted by molar-refractivity contribution is -0.166. The Morgan fingerprint density at radius 2 is 1.36 bits per heavy atom. The molecule has 1 fully saturated rings. The second-order valence-corrected chi connectivity index (χ2v) is 19.9. The van der Waals surface area contributed by atoms with Crippen LogP contribution in [0.4, 0.5) is 0 Å². The number of esters is 2. The standard InChI is InChI=1S/C52H87O16P/c1-3-5-7-8-9-10-11-12-13-14-15-16-17-18-19-20-21-22-23-28-32-45(56)65-37-40-38-66-69(63,64)68-52-50(61)48(59)42(35-34-39(53)30-26-6-4-2)44(55)36-43(54)41(47(58)49(60)51(52)62)31-27-24-25-29-33-46(57)67-40/h10-11,13-14,16-17,24,27,34-35,39-43,47-54,58-62H,3-9,12,15,18-23,25-26,28-33,36-38H2,1-2H3,(H,63,64)/b11-10-,14-13-,17-16-,27-24?,35-34+/t39-,40+,41-,42-,43-,47+,48+,49-,50+,51+,52+/m0/s1. The number of fused-ring (bicyclic) bond motifs is 4. The molecule has 16 nitrogen and oxygen atoms in total. The molecular weight excluding hydrogens is 912 g/mol. The van der Waals surface area contributed by atoms with E-state index in [1.54, 1.807) is 12.2 Å². The fraction of sp³-hybridized carbons (Fsp3) is 0.750. The van der Waals surface area contributed by atoms with Crippen molar-refractivity contribution in [1.29, 1.82) is 0 Å². The van der Waals surface area contributed by atoms with E-state index in [1.807, 2.05) is 6.92 Å². The van der Waals surface area contributed by atoms with E-state index in [-0.39, 0.29) is 25.7 Å². The minimum absolute atomic E-state index is 0.0861. The van der Waals surface area contributed by atoms with Crippen LogP contribution in [0.3, 0.4) is 0 Å². The lowest BCUT2D eigenvalue weighted by Crippen LogP contribution is -2.55. The number of unbranched alkanes of at least 4 members (excludes halogenated alkanes) is 12. The van der Waals surface area contributed by atoms with Gasteiger partial charge in [0.1, 0.15) is 36.8 Å². The molecule has 1 aliphatic carbocycles. The van der Waals surface area contributed by atoms with Gasteiger partial charge in [-0.2, -0.15) is 0 Å². The summed E-state index contributed by atoms with van der Waals surface area (Å²) in [6.07, 6.45) is 18.1. The summed E-state index contributed by atoms with van der Waals surface area (Å²) < 4.78 is 34.6. The van der Waals surface area contributed by atoms with Gasteiger partial charge in [0.2, 0.25) is 0 Å². The van der Waals surface area contributed by atoms with Gasteiger partial charge < -0.3 is 50.1 Å². The minimum Gasteiger partial charge on any atom is -0.462 e. The molecule has 0 saturated heterocycles. The average molecular weight is 999 g/mol. The van der Waals surface area contributed by atoms with E-state index in [9.17, 15) is 59.6 Å². The molecule has 2 rings (SSSR count). The number of aliphatic hydroxyl groups excluding tert-OH is 7. The molecule has 8 N–H and O–H groups in total. The quantitative estimate of drug-likeness (QED) is 0.0181. The van der Waals surface area contributed by atoms with Crippen LogP contribution in [0.15, 0.2) is 60.8 Å². The van der Waals surface area contributed by atoms with Gasteiger partial charge in [-0.15, -0.1) is 0 Å². The van der Waals surface area contributed by atoms with Crippen molar-refractivity contribution < 1.29 is 78.1 Å². The minimum atomic E-state index is -5.47. The van der Waals surface area contributed by atoms with E-state index in [2.05, 4.69) is 43.4 Å².